The number of hydrogen-bond donors (Lipinski definition) is 1. The minimum Gasteiger partial charge on any atom is -0.507 e. The van der Waals surface area contributed by atoms with Crippen molar-refractivity contribution in [3.63, 3.8) is 0 Å². The Morgan fingerprint density at radius 3 is 1.71 bits per heavy atom. The molecule has 5 nitrogen and oxygen atoms in total. The minimum absolute atomic E-state index is 0. The first-order chi connectivity index (χ1) is 32.7. The SMILES string of the molecule is CC(C)(C)c1cc(-n2c(-c3ccccc3O)nc3c(-c4[c-]c(-c5cc(-c6cccc7c8ccccc8n(-c8ccccc8)c67)ccn5)c(C(C)(C)C)cc4C(C)(C)C)cccc32)cc(C(C)(C)C)c1.[Pt]. The summed E-state index contributed by atoms with van der Waals surface area (Å²) >= 11 is 0. The van der Waals surface area contributed by atoms with Gasteiger partial charge in [-0.2, -0.15) is 0 Å². The summed E-state index contributed by atoms with van der Waals surface area (Å²) in [5, 5.41) is 14.0. The molecule has 0 saturated carbocycles. The molecule has 3 aromatic heterocycles. The van der Waals surface area contributed by atoms with E-state index in [1.54, 1.807) is 6.07 Å². The van der Waals surface area contributed by atoms with Gasteiger partial charge in [0.25, 0.3) is 0 Å². The quantitative estimate of drug-likeness (QED) is 0.169. The number of pyridine rings is 1. The average Bonchev–Trinajstić information content (AvgIpc) is 3.87. The molecule has 7 aromatic carbocycles. The van der Waals surface area contributed by atoms with Crippen LogP contribution in [0.25, 0.3) is 89.1 Å². The van der Waals surface area contributed by atoms with E-state index in [4.69, 9.17) is 9.97 Å². The van der Waals surface area contributed by atoms with Gasteiger partial charge in [0.2, 0.25) is 0 Å². The first-order valence-corrected chi connectivity index (χ1v) is 24.3. The van der Waals surface area contributed by atoms with Gasteiger partial charge in [-0.3, -0.25) is 9.55 Å². The molecule has 0 unspecified atom stereocenters. The predicted octanol–water partition coefficient (Wildman–Crippen LogP) is 16.9. The fourth-order valence-electron chi connectivity index (χ4n) is 9.99. The zero-order valence-corrected chi connectivity index (χ0v) is 44.8. The maximum Gasteiger partial charge on any atom is 0.148 e. The van der Waals surface area contributed by atoms with Crippen molar-refractivity contribution in [1.29, 1.82) is 0 Å². The van der Waals surface area contributed by atoms with Gasteiger partial charge in [-0.05, 0) is 92.9 Å². The Kier molecular flexibility index (Phi) is 12.3. The molecule has 0 aliphatic heterocycles. The van der Waals surface area contributed by atoms with E-state index in [9.17, 15) is 5.11 Å². The molecule has 0 aliphatic carbocycles. The van der Waals surface area contributed by atoms with E-state index in [1.807, 2.05) is 24.4 Å². The number of phenols is 1. The van der Waals surface area contributed by atoms with Crippen molar-refractivity contribution >= 4 is 32.8 Å². The van der Waals surface area contributed by atoms with Crippen LogP contribution in [-0.2, 0) is 42.7 Å². The van der Waals surface area contributed by atoms with Crippen LogP contribution in [0.2, 0.25) is 0 Å². The third-order valence-electron chi connectivity index (χ3n) is 13.7. The fraction of sp³-hybridized carbons (Fsp3) is 0.250. The average molecular weight is 1100 g/mol. The zero-order valence-electron chi connectivity index (χ0n) is 42.6. The molecule has 10 rings (SSSR count). The minimum atomic E-state index is -0.256. The largest absolute Gasteiger partial charge is 0.507 e. The second-order valence-electron chi connectivity index (χ2n) is 22.9. The molecule has 10 aromatic rings. The van der Waals surface area contributed by atoms with Crippen molar-refractivity contribution in [1.82, 2.24) is 19.1 Å². The number of aromatic hydroxyl groups is 1. The standard InChI is InChI=1S/C64H63N4O.Pt/c1-61(2,3)41-35-42(62(4,5)6)37-44(36-41)68-56-30-21-27-47(58(56)66-60(68)49-25-17-19-31-57(49)69)50-38-51(53(64(10,11)12)39-52(50)63(7,8)9)54-34-40(32-33-65-54)45-26-20-28-48-46-24-16-18-29-55(46)67(59(45)48)43-22-14-13-15-23-43;/h13-37,39,69H,1-12H3;/q-1;. The Balaban J connectivity index is 0.00000608. The van der Waals surface area contributed by atoms with Gasteiger partial charge in [-0.1, -0.05) is 185 Å². The van der Waals surface area contributed by atoms with Crippen molar-refractivity contribution in [2.75, 3.05) is 0 Å². The molecule has 70 heavy (non-hydrogen) atoms. The third-order valence-corrected chi connectivity index (χ3v) is 13.7. The molecule has 6 heteroatoms. The molecular formula is C64H63N4OPt-. The Labute approximate surface area is 428 Å². The molecule has 0 fully saturated rings. The van der Waals surface area contributed by atoms with E-state index in [-0.39, 0.29) is 48.5 Å². The van der Waals surface area contributed by atoms with Crippen LogP contribution in [0.3, 0.4) is 0 Å². The number of para-hydroxylation sites is 5. The monoisotopic (exact) mass is 1100 g/mol. The predicted molar refractivity (Wildman–Crippen MR) is 290 cm³/mol. The molecule has 1 N–H and O–H groups in total. The van der Waals surface area contributed by atoms with Crippen molar-refractivity contribution in [3.8, 4) is 62.0 Å². The molecule has 0 amide bonds. The number of phenolic OH excluding ortho intramolecular Hbond substituents is 1. The number of hydrogen-bond acceptors (Lipinski definition) is 3. The van der Waals surface area contributed by atoms with Gasteiger partial charge in [0, 0.05) is 60.7 Å². The van der Waals surface area contributed by atoms with E-state index < -0.39 is 0 Å². The molecule has 0 bridgehead atoms. The number of benzene rings is 7. The van der Waals surface area contributed by atoms with Crippen LogP contribution in [0.1, 0.15) is 105 Å². The molecule has 0 atom stereocenters. The molecule has 0 aliphatic rings. The summed E-state index contributed by atoms with van der Waals surface area (Å²) < 4.78 is 4.65. The third kappa shape index (κ3) is 8.61. The number of fused-ring (bicyclic) bond motifs is 4. The van der Waals surface area contributed by atoms with Crippen LogP contribution in [0, 0.1) is 6.07 Å². The maximum absolute atomic E-state index is 11.5. The van der Waals surface area contributed by atoms with Crippen LogP contribution < -0.4 is 0 Å². The Bertz CT molecular complexity index is 3570. The number of rotatable bonds is 6. The molecule has 3 heterocycles. The van der Waals surface area contributed by atoms with Crippen molar-refractivity contribution < 1.29 is 26.2 Å². The fourth-order valence-corrected chi connectivity index (χ4v) is 9.99. The topological polar surface area (TPSA) is 55.9 Å². The second kappa shape index (κ2) is 17.7. The first-order valence-electron chi connectivity index (χ1n) is 24.3. The van der Waals surface area contributed by atoms with Crippen LogP contribution in [0.15, 0.2) is 158 Å². The van der Waals surface area contributed by atoms with Crippen molar-refractivity contribution in [3.05, 3.63) is 186 Å². The Morgan fingerprint density at radius 1 is 0.471 bits per heavy atom. The van der Waals surface area contributed by atoms with Gasteiger partial charge in [0.05, 0.1) is 27.6 Å². The van der Waals surface area contributed by atoms with E-state index in [1.165, 1.54) is 38.5 Å². The van der Waals surface area contributed by atoms with Crippen LogP contribution in [-0.4, -0.2) is 24.2 Å². The maximum atomic E-state index is 11.5. The Hall–Kier alpha value is -6.55. The van der Waals surface area contributed by atoms with Crippen LogP contribution in [0.5, 0.6) is 5.75 Å². The smallest absolute Gasteiger partial charge is 0.148 e. The van der Waals surface area contributed by atoms with Gasteiger partial charge in [-0.15, -0.1) is 28.8 Å². The van der Waals surface area contributed by atoms with E-state index in [0.29, 0.717) is 11.4 Å². The van der Waals surface area contributed by atoms with Gasteiger partial charge >= 0.3 is 0 Å². The summed E-state index contributed by atoms with van der Waals surface area (Å²) in [6.45, 7) is 27.3. The number of nitrogens with zero attached hydrogens (tertiary/aromatic N) is 4. The van der Waals surface area contributed by atoms with E-state index in [0.717, 1.165) is 61.4 Å². The summed E-state index contributed by atoms with van der Waals surface area (Å²) in [6.07, 6.45) is 1.95. The summed E-state index contributed by atoms with van der Waals surface area (Å²) in [5.74, 6) is 0.866. The van der Waals surface area contributed by atoms with Crippen molar-refractivity contribution in [2.24, 2.45) is 0 Å². The van der Waals surface area contributed by atoms with Crippen molar-refractivity contribution in [2.45, 2.75) is 105 Å². The number of aromatic nitrogens is 4. The summed E-state index contributed by atoms with van der Waals surface area (Å²) in [5.41, 5.74) is 17.1. The van der Waals surface area contributed by atoms with Gasteiger partial charge in [-0.25, -0.2) is 4.98 Å². The summed E-state index contributed by atoms with van der Waals surface area (Å²) in [7, 11) is 0. The van der Waals surface area contributed by atoms with E-state index >= 15 is 0 Å². The number of imidazole rings is 1. The zero-order chi connectivity index (χ0) is 48.8. The second-order valence-corrected chi connectivity index (χ2v) is 22.9. The molecule has 0 spiro atoms. The molecular weight excluding hydrogens is 1040 g/mol. The summed E-state index contributed by atoms with van der Waals surface area (Å²) in [6, 6.07) is 57.9. The molecule has 0 saturated heterocycles. The van der Waals surface area contributed by atoms with Crippen LogP contribution in [0.4, 0.5) is 0 Å². The summed E-state index contributed by atoms with van der Waals surface area (Å²) in [4.78, 5) is 10.8. The van der Waals surface area contributed by atoms with Gasteiger partial charge in [0.1, 0.15) is 11.6 Å². The molecule has 356 valence electrons. The van der Waals surface area contributed by atoms with Gasteiger partial charge < -0.3 is 9.67 Å². The van der Waals surface area contributed by atoms with Gasteiger partial charge in [0.15, 0.2) is 0 Å². The van der Waals surface area contributed by atoms with E-state index in [2.05, 4.69) is 226 Å². The normalized spacial score (nSPS) is 12.5. The van der Waals surface area contributed by atoms with Crippen LogP contribution >= 0.6 is 0 Å². The Morgan fingerprint density at radius 2 is 1.04 bits per heavy atom. The molecule has 0 radical (unpaired) electrons. The first kappa shape index (κ1) is 48.5.